The van der Waals surface area contributed by atoms with Crippen LogP contribution in [0.4, 0.5) is 0 Å². The second-order valence-corrected chi connectivity index (χ2v) is 7.15. The summed E-state index contributed by atoms with van der Waals surface area (Å²) < 4.78 is 1.19. The highest BCUT2D eigenvalue weighted by molar-refractivity contribution is 7.21. The van der Waals surface area contributed by atoms with Gasteiger partial charge in [0.15, 0.2) is 0 Å². The monoisotopic (exact) mass is 358 g/mol. The van der Waals surface area contributed by atoms with Gasteiger partial charge in [-0.1, -0.05) is 66.7 Å². The van der Waals surface area contributed by atoms with Crippen LogP contribution in [0.3, 0.4) is 0 Å². The van der Waals surface area contributed by atoms with E-state index in [1.807, 2.05) is 60.7 Å². The summed E-state index contributed by atoms with van der Waals surface area (Å²) in [6, 6.07) is 26.2. The quantitative estimate of drug-likeness (QED) is 0.556. The van der Waals surface area contributed by atoms with Crippen molar-refractivity contribution in [1.29, 1.82) is 0 Å². The number of hydrogen-bond donors (Lipinski definition) is 1. The number of rotatable bonds is 5. The summed E-state index contributed by atoms with van der Waals surface area (Å²) in [4.78, 5) is 16.7. The maximum absolute atomic E-state index is 12.1. The molecule has 0 aliphatic rings. The van der Waals surface area contributed by atoms with Gasteiger partial charge in [-0.05, 0) is 23.3 Å². The number of nitrogens with zero attached hydrogens (tertiary/aromatic N) is 1. The molecular formula is C22H18N2OS. The van der Waals surface area contributed by atoms with E-state index in [1.54, 1.807) is 11.3 Å². The number of thiazole rings is 1. The fourth-order valence-electron chi connectivity index (χ4n) is 2.81. The van der Waals surface area contributed by atoms with Gasteiger partial charge in [0, 0.05) is 12.1 Å². The van der Waals surface area contributed by atoms with Crippen LogP contribution in [0.1, 0.15) is 11.1 Å². The van der Waals surface area contributed by atoms with Crippen LogP contribution in [-0.4, -0.2) is 10.9 Å². The molecule has 128 valence electrons. The van der Waals surface area contributed by atoms with Crippen molar-refractivity contribution < 1.29 is 4.79 Å². The molecule has 0 fully saturated rings. The molecule has 0 aliphatic carbocycles. The fraction of sp³-hybridized carbons (Fsp3) is 0.0909. The Bertz CT molecular complexity index is 990. The maximum Gasteiger partial charge on any atom is 0.224 e. The lowest BCUT2D eigenvalue weighted by atomic mass is 10.1. The summed E-state index contributed by atoms with van der Waals surface area (Å²) in [5, 5.41) is 4.00. The van der Waals surface area contributed by atoms with Crippen molar-refractivity contribution in [1.82, 2.24) is 10.3 Å². The van der Waals surface area contributed by atoms with Crippen molar-refractivity contribution in [2.45, 2.75) is 13.0 Å². The third-order valence-corrected chi connectivity index (χ3v) is 5.28. The van der Waals surface area contributed by atoms with E-state index in [2.05, 4.69) is 28.5 Å². The van der Waals surface area contributed by atoms with Crippen molar-refractivity contribution >= 4 is 27.5 Å². The van der Waals surface area contributed by atoms with E-state index in [4.69, 9.17) is 0 Å². The molecule has 3 nitrogen and oxygen atoms in total. The molecule has 4 rings (SSSR count). The van der Waals surface area contributed by atoms with Gasteiger partial charge in [-0.3, -0.25) is 4.79 Å². The molecule has 0 aliphatic heterocycles. The van der Waals surface area contributed by atoms with Gasteiger partial charge in [0.05, 0.1) is 16.6 Å². The smallest absolute Gasteiger partial charge is 0.224 e. The third-order valence-electron chi connectivity index (χ3n) is 4.19. The minimum Gasteiger partial charge on any atom is -0.352 e. The molecule has 1 N–H and O–H groups in total. The molecule has 0 saturated heterocycles. The molecule has 1 aromatic heterocycles. The van der Waals surface area contributed by atoms with Crippen LogP contribution in [0.15, 0.2) is 78.9 Å². The Hall–Kier alpha value is -2.98. The lowest BCUT2D eigenvalue weighted by Gasteiger charge is -2.06. The minimum atomic E-state index is 0.0337. The van der Waals surface area contributed by atoms with Crippen molar-refractivity contribution in [3.05, 3.63) is 90.0 Å². The number of carbonyl (C=O) groups excluding carboxylic acids is 1. The molecule has 3 aromatic carbocycles. The highest BCUT2D eigenvalue weighted by atomic mass is 32.1. The number of amides is 1. The Morgan fingerprint density at radius 2 is 1.58 bits per heavy atom. The zero-order valence-electron chi connectivity index (χ0n) is 14.2. The van der Waals surface area contributed by atoms with Crippen LogP contribution in [0.5, 0.6) is 0 Å². The SMILES string of the molecule is O=C(Cc1ccccc1)NCc1ccc(-c2nc3ccccc3s2)cc1. The molecule has 0 spiro atoms. The first-order chi connectivity index (χ1) is 12.8. The van der Waals surface area contributed by atoms with E-state index in [0.717, 1.165) is 27.2 Å². The summed E-state index contributed by atoms with van der Waals surface area (Å²) in [5.41, 5.74) is 4.24. The van der Waals surface area contributed by atoms with Gasteiger partial charge in [-0.25, -0.2) is 4.98 Å². The summed E-state index contributed by atoms with van der Waals surface area (Å²) in [7, 11) is 0. The number of carbonyl (C=O) groups is 1. The predicted octanol–water partition coefficient (Wildman–Crippen LogP) is 4.82. The van der Waals surface area contributed by atoms with Gasteiger partial charge in [-0.2, -0.15) is 0 Å². The van der Waals surface area contributed by atoms with Crippen LogP contribution < -0.4 is 5.32 Å². The van der Waals surface area contributed by atoms with Gasteiger partial charge >= 0.3 is 0 Å². The molecule has 26 heavy (non-hydrogen) atoms. The van der Waals surface area contributed by atoms with E-state index in [1.165, 1.54) is 4.70 Å². The van der Waals surface area contributed by atoms with Crippen molar-refractivity contribution in [3.63, 3.8) is 0 Å². The summed E-state index contributed by atoms with van der Waals surface area (Å²) in [5.74, 6) is 0.0337. The molecule has 4 aromatic rings. The van der Waals surface area contributed by atoms with Crippen LogP contribution >= 0.6 is 11.3 Å². The van der Waals surface area contributed by atoms with Crippen LogP contribution in [-0.2, 0) is 17.8 Å². The average molecular weight is 358 g/mol. The second kappa shape index (κ2) is 7.50. The van der Waals surface area contributed by atoms with E-state index >= 15 is 0 Å². The Morgan fingerprint density at radius 1 is 0.846 bits per heavy atom. The first-order valence-electron chi connectivity index (χ1n) is 8.53. The van der Waals surface area contributed by atoms with Crippen molar-refractivity contribution in [2.24, 2.45) is 0 Å². The van der Waals surface area contributed by atoms with E-state index in [9.17, 15) is 4.79 Å². The molecule has 0 saturated carbocycles. The molecule has 0 atom stereocenters. The van der Waals surface area contributed by atoms with Crippen LogP contribution in [0, 0.1) is 0 Å². The lowest BCUT2D eigenvalue weighted by Crippen LogP contribution is -2.24. The molecule has 4 heteroatoms. The summed E-state index contributed by atoms with van der Waals surface area (Å²) in [6.07, 6.45) is 0.407. The Balaban J connectivity index is 1.39. The normalized spacial score (nSPS) is 10.8. The molecule has 0 radical (unpaired) electrons. The molecule has 1 amide bonds. The average Bonchev–Trinajstić information content (AvgIpc) is 3.12. The standard InChI is InChI=1S/C22H18N2OS/c25-21(14-16-6-2-1-3-7-16)23-15-17-10-12-18(13-11-17)22-24-19-8-4-5-9-20(19)26-22/h1-13H,14-15H2,(H,23,25). The number of nitrogens with one attached hydrogen (secondary N) is 1. The van der Waals surface area contributed by atoms with Gasteiger partial charge in [-0.15, -0.1) is 11.3 Å². The van der Waals surface area contributed by atoms with E-state index in [-0.39, 0.29) is 5.91 Å². The van der Waals surface area contributed by atoms with E-state index in [0.29, 0.717) is 13.0 Å². The highest BCUT2D eigenvalue weighted by Gasteiger charge is 2.07. The lowest BCUT2D eigenvalue weighted by molar-refractivity contribution is -0.120. The minimum absolute atomic E-state index is 0.0337. The van der Waals surface area contributed by atoms with Crippen LogP contribution in [0.2, 0.25) is 0 Å². The molecule has 0 unspecified atom stereocenters. The number of aromatic nitrogens is 1. The number of para-hydroxylation sites is 1. The van der Waals surface area contributed by atoms with Gasteiger partial charge in [0.2, 0.25) is 5.91 Å². The Labute approximate surface area is 156 Å². The predicted molar refractivity (Wildman–Crippen MR) is 107 cm³/mol. The van der Waals surface area contributed by atoms with Gasteiger partial charge < -0.3 is 5.32 Å². The van der Waals surface area contributed by atoms with Gasteiger partial charge in [0.25, 0.3) is 0 Å². The Morgan fingerprint density at radius 3 is 2.35 bits per heavy atom. The molecular weight excluding hydrogens is 340 g/mol. The van der Waals surface area contributed by atoms with Gasteiger partial charge in [0.1, 0.15) is 5.01 Å². The molecule has 1 heterocycles. The summed E-state index contributed by atoms with van der Waals surface area (Å²) >= 11 is 1.69. The highest BCUT2D eigenvalue weighted by Crippen LogP contribution is 2.29. The third kappa shape index (κ3) is 3.81. The first kappa shape index (κ1) is 16.5. The zero-order valence-corrected chi connectivity index (χ0v) is 15.0. The van der Waals surface area contributed by atoms with E-state index < -0.39 is 0 Å². The fourth-order valence-corrected chi connectivity index (χ4v) is 3.78. The van der Waals surface area contributed by atoms with Crippen molar-refractivity contribution in [2.75, 3.05) is 0 Å². The topological polar surface area (TPSA) is 42.0 Å². The number of fused-ring (bicyclic) bond motifs is 1. The Kier molecular flexibility index (Phi) is 4.75. The second-order valence-electron chi connectivity index (χ2n) is 6.12. The largest absolute Gasteiger partial charge is 0.352 e. The maximum atomic E-state index is 12.1. The molecule has 0 bridgehead atoms. The number of benzene rings is 3. The van der Waals surface area contributed by atoms with Crippen LogP contribution in [0.25, 0.3) is 20.8 Å². The van der Waals surface area contributed by atoms with Crippen molar-refractivity contribution in [3.8, 4) is 10.6 Å². The summed E-state index contributed by atoms with van der Waals surface area (Å²) in [6.45, 7) is 0.534. The first-order valence-corrected chi connectivity index (χ1v) is 9.35. The zero-order chi connectivity index (χ0) is 17.8. The number of hydrogen-bond acceptors (Lipinski definition) is 3.